The van der Waals surface area contributed by atoms with Crippen molar-refractivity contribution >= 4 is 32.6 Å². The number of rotatable bonds is 5. The fourth-order valence-electron chi connectivity index (χ4n) is 4.19. The highest BCUT2D eigenvalue weighted by Crippen LogP contribution is 2.33. The Bertz CT molecular complexity index is 1460. The maximum absolute atomic E-state index is 13.2. The molecule has 1 aliphatic heterocycles. The summed E-state index contributed by atoms with van der Waals surface area (Å²) in [5.74, 6) is 1.18. The van der Waals surface area contributed by atoms with Gasteiger partial charge in [0.15, 0.2) is 21.3 Å². The Hall–Kier alpha value is -3.73. The Labute approximate surface area is 189 Å². The van der Waals surface area contributed by atoms with Crippen LogP contribution in [0.5, 0.6) is 5.75 Å². The number of fused-ring (bicyclic) bond motifs is 1. The molecule has 11 heteroatoms. The summed E-state index contributed by atoms with van der Waals surface area (Å²) in [5.41, 5.74) is 2.43. The SMILES string of the molecule is COc1cccc(-c2cc3c(nc(C)n3C3CCS(=O)(=O)C3)c(C(=O)Nc3ccon3)n2)c1. The number of methoxy groups -OCH3 is 1. The van der Waals surface area contributed by atoms with Gasteiger partial charge < -0.3 is 19.1 Å². The summed E-state index contributed by atoms with van der Waals surface area (Å²) in [6, 6.07) is 10.4. The Morgan fingerprint density at radius 2 is 2.09 bits per heavy atom. The molecule has 170 valence electrons. The highest BCUT2D eigenvalue weighted by Gasteiger charge is 2.32. The van der Waals surface area contributed by atoms with Crippen LogP contribution in [0.4, 0.5) is 5.82 Å². The minimum Gasteiger partial charge on any atom is -0.497 e. The molecule has 10 nitrogen and oxygen atoms in total. The molecule has 0 bridgehead atoms. The smallest absolute Gasteiger partial charge is 0.277 e. The molecule has 1 unspecified atom stereocenters. The number of carbonyl (C=O) groups excluding carboxylic acids is 1. The summed E-state index contributed by atoms with van der Waals surface area (Å²) in [6.07, 6.45) is 1.84. The van der Waals surface area contributed by atoms with Gasteiger partial charge >= 0.3 is 0 Å². The monoisotopic (exact) mass is 467 g/mol. The molecule has 5 rings (SSSR count). The Balaban J connectivity index is 1.70. The zero-order chi connectivity index (χ0) is 23.2. The predicted octanol–water partition coefficient (Wildman–Crippen LogP) is 3.02. The van der Waals surface area contributed by atoms with E-state index in [2.05, 4.69) is 20.4 Å². The maximum atomic E-state index is 13.2. The third kappa shape index (κ3) is 3.95. The van der Waals surface area contributed by atoms with E-state index in [9.17, 15) is 13.2 Å². The van der Waals surface area contributed by atoms with Crippen LogP contribution in [0, 0.1) is 6.92 Å². The fourth-order valence-corrected chi connectivity index (χ4v) is 5.89. The van der Waals surface area contributed by atoms with Gasteiger partial charge in [-0.25, -0.2) is 18.4 Å². The average Bonchev–Trinajstić information content (AvgIpc) is 3.51. The van der Waals surface area contributed by atoms with Crippen LogP contribution in [0.15, 0.2) is 47.2 Å². The number of nitrogens with one attached hydrogen (secondary N) is 1. The third-order valence-corrected chi connectivity index (χ3v) is 7.44. The number of amides is 1. The van der Waals surface area contributed by atoms with Gasteiger partial charge in [-0.1, -0.05) is 17.3 Å². The molecule has 0 spiro atoms. The lowest BCUT2D eigenvalue weighted by Gasteiger charge is -2.15. The maximum Gasteiger partial charge on any atom is 0.277 e. The van der Waals surface area contributed by atoms with Crippen LogP contribution < -0.4 is 10.1 Å². The molecule has 1 aliphatic rings. The van der Waals surface area contributed by atoms with Crippen LogP contribution >= 0.6 is 0 Å². The quantitative estimate of drug-likeness (QED) is 0.474. The molecule has 1 fully saturated rings. The van der Waals surface area contributed by atoms with Crippen molar-refractivity contribution in [2.24, 2.45) is 0 Å². The van der Waals surface area contributed by atoms with Crippen LogP contribution in [0.1, 0.15) is 28.8 Å². The molecule has 0 radical (unpaired) electrons. The molecule has 1 atom stereocenters. The van der Waals surface area contributed by atoms with E-state index in [1.807, 2.05) is 34.9 Å². The largest absolute Gasteiger partial charge is 0.497 e. The molecule has 1 N–H and O–H groups in total. The third-order valence-electron chi connectivity index (χ3n) is 5.69. The molecule has 1 amide bonds. The van der Waals surface area contributed by atoms with Gasteiger partial charge in [0.05, 0.1) is 35.9 Å². The Kier molecular flexibility index (Phi) is 5.12. The van der Waals surface area contributed by atoms with Crippen LogP contribution in [-0.2, 0) is 9.84 Å². The lowest BCUT2D eigenvalue weighted by Crippen LogP contribution is -2.16. The predicted molar refractivity (Wildman–Crippen MR) is 121 cm³/mol. The summed E-state index contributed by atoms with van der Waals surface area (Å²) in [6.45, 7) is 1.80. The zero-order valence-corrected chi connectivity index (χ0v) is 18.8. The van der Waals surface area contributed by atoms with E-state index in [0.717, 1.165) is 5.56 Å². The van der Waals surface area contributed by atoms with Gasteiger partial charge in [-0.3, -0.25) is 4.79 Å². The summed E-state index contributed by atoms with van der Waals surface area (Å²) in [7, 11) is -1.54. The Morgan fingerprint density at radius 1 is 1.24 bits per heavy atom. The van der Waals surface area contributed by atoms with E-state index in [1.54, 1.807) is 14.0 Å². The lowest BCUT2D eigenvalue weighted by molar-refractivity contribution is 0.102. The number of anilines is 1. The number of imidazole rings is 1. The summed E-state index contributed by atoms with van der Waals surface area (Å²) < 4.78 is 36.3. The summed E-state index contributed by atoms with van der Waals surface area (Å²) in [4.78, 5) is 22.4. The highest BCUT2D eigenvalue weighted by molar-refractivity contribution is 7.91. The van der Waals surface area contributed by atoms with Crippen molar-refractivity contribution in [3.63, 3.8) is 0 Å². The molecule has 0 aliphatic carbocycles. The van der Waals surface area contributed by atoms with E-state index in [4.69, 9.17) is 9.26 Å². The van der Waals surface area contributed by atoms with Crippen LogP contribution in [0.25, 0.3) is 22.3 Å². The van der Waals surface area contributed by atoms with Gasteiger partial charge in [0, 0.05) is 11.6 Å². The molecule has 1 aromatic carbocycles. The van der Waals surface area contributed by atoms with Gasteiger partial charge in [0.25, 0.3) is 5.91 Å². The van der Waals surface area contributed by atoms with Crippen molar-refractivity contribution in [2.75, 3.05) is 23.9 Å². The number of pyridine rings is 1. The topological polar surface area (TPSA) is 129 Å². The van der Waals surface area contributed by atoms with Crippen molar-refractivity contribution in [1.82, 2.24) is 19.7 Å². The molecule has 3 aromatic heterocycles. The average molecular weight is 468 g/mol. The summed E-state index contributed by atoms with van der Waals surface area (Å²) in [5, 5.41) is 6.39. The second-order valence-electron chi connectivity index (χ2n) is 7.88. The van der Waals surface area contributed by atoms with Crippen molar-refractivity contribution < 1.29 is 22.5 Å². The first-order chi connectivity index (χ1) is 15.8. The molecule has 0 saturated carbocycles. The number of sulfone groups is 1. The Morgan fingerprint density at radius 3 is 2.79 bits per heavy atom. The molecular formula is C22H21N5O5S. The number of nitrogens with zero attached hydrogens (tertiary/aromatic N) is 4. The van der Waals surface area contributed by atoms with Gasteiger partial charge in [-0.05, 0) is 31.5 Å². The molecule has 33 heavy (non-hydrogen) atoms. The van der Waals surface area contributed by atoms with Crippen molar-refractivity contribution in [3.05, 3.63) is 54.2 Å². The van der Waals surface area contributed by atoms with E-state index in [-0.39, 0.29) is 29.1 Å². The van der Waals surface area contributed by atoms with Gasteiger partial charge in [-0.2, -0.15) is 0 Å². The molecule has 4 heterocycles. The fraction of sp³-hybridized carbons (Fsp3) is 0.273. The number of hydrogen-bond donors (Lipinski definition) is 1. The van der Waals surface area contributed by atoms with Crippen LogP contribution in [0.2, 0.25) is 0 Å². The van der Waals surface area contributed by atoms with E-state index >= 15 is 0 Å². The van der Waals surface area contributed by atoms with Gasteiger partial charge in [-0.15, -0.1) is 0 Å². The molecule has 4 aromatic rings. The number of benzene rings is 1. The number of ether oxygens (including phenoxy) is 1. The van der Waals surface area contributed by atoms with Gasteiger partial charge in [0.1, 0.15) is 23.4 Å². The van der Waals surface area contributed by atoms with Crippen molar-refractivity contribution in [2.45, 2.75) is 19.4 Å². The number of aromatic nitrogens is 4. The van der Waals surface area contributed by atoms with Gasteiger partial charge in [0.2, 0.25) is 0 Å². The van der Waals surface area contributed by atoms with Crippen molar-refractivity contribution in [1.29, 1.82) is 0 Å². The first-order valence-electron chi connectivity index (χ1n) is 10.3. The van der Waals surface area contributed by atoms with E-state index in [1.165, 1.54) is 12.3 Å². The second-order valence-corrected chi connectivity index (χ2v) is 10.1. The van der Waals surface area contributed by atoms with E-state index in [0.29, 0.717) is 34.7 Å². The molecule has 1 saturated heterocycles. The number of aryl methyl sites for hydroxylation is 1. The second kappa shape index (κ2) is 8.00. The zero-order valence-electron chi connectivity index (χ0n) is 18.0. The molecular weight excluding hydrogens is 446 g/mol. The lowest BCUT2D eigenvalue weighted by atomic mass is 10.1. The standard InChI is InChI=1S/C22H21N5O5S/c1-13-23-20-18(27(13)15-7-9-33(29,30)12-15)11-17(14-4-3-5-16(10-14)31-2)24-21(20)22(28)25-19-6-8-32-26-19/h3-6,8,10-11,15H,7,9,12H2,1-2H3,(H,25,26,28). The number of carbonyl (C=O) groups is 1. The summed E-state index contributed by atoms with van der Waals surface area (Å²) >= 11 is 0. The normalized spacial score (nSPS) is 17.3. The van der Waals surface area contributed by atoms with Crippen molar-refractivity contribution in [3.8, 4) is 17.0 Å². The van der Waals surface area contributed by atoms with Crippen LogP contribution in [0.3, 0.4) is 0 Å². The highest BCUT2D eigenvalue weighted by atomic mass is 32.2. The van der Waals surface area contributed by atoms with E-state index < -0.39 is 15.7 Å². The first-order valence-corrected chi connectivity index (χ1v) is 12.1. The number of hydrogen-bond acceptors (Lipinski definition) is 8. The minimum absolute atomic E-state index is 0.0383. The minimum atomic E-state index is -3.12. The van der Waals surface area contributed by atoms with Crippen LogP contribution in [-0.4, -0.2) is 52.6 Å². The first kappa shape index (κ1) is 21.1.